The lowest BCUT2D eigenvalue weighted by Gasteiger charge is -2.08. The largest absolute Gasteiger partial charge is 0.356 e. The minimum Gasteiger partial charge on any atom is -0.354 e. The predicted octanol–water partition coefficient (Wildman–Crippen LogP) is 7.19. The number of hydrogen-bond donors (Lipinski definition) is 6. The maximum Gasteiger partial charge on any atom is 0.356 e. The molecule has 5 aromatic heterocycles. The van der Waals surface area contributed by atoms with Gasteiger partial charge in [0.1, 0.15) is 0 Å². The van der Waals surface area contributed by atoms with Gasteiger partial charge in [-0.05, 0) is 108 Å². The van der Waals surface area contributed by atoms with Crippen molar-refractivity contribution in [1.29, 1.82) is 0 Å². The molecular weight excluding hydrogens is 794 g/mol. The lowest BCUT2D eigenvalue weighted by molar-refractivity contribution is 0.385. The quantitative estimate of drug-likeness (QED) is 0.0781. The molecule has 0 saturated heterocycles. The zero-order valence-corrected chi connectivity index (χ0v) is 32.9. The fourth-order valence-electron chi connectivity index (χ4n) is 6.86. The van der Waals surface area contributed by atoms with Gasteiger partial charge in [0.15, 0.2) is 0 Å². The van der Waals surface area contributed by atoms with E-state index in [1.54, 1.807) is 49.1 Å². The van der Waals surface area contributed by atoms with E-state index in [4.69, 9.17) is 9.97 Å². The first-order chi connectivity index (χ1) is 29.0. The molecule has 0 spiro atoms. The summed E-state index contributed by atoms with van der Waals surface area (Å²) in [6.07, 6.45) is 14.1. The van der Waals surface area contributed by atoms with Gasteiger partial charge in [0.2, 0.25) is 0 Å². The molecule has 2 aliphatic rings. The third-order valence-electron chi connectivity index (χ3n) is 9.76. The Balaban J connectivity index is 1.40. The van der Waals surface area contributed by atoms with Crippen molar-refractivity contribution in [2.45, 2.75) is 0 Å². The fourth-order valence-corrected chi connectivity index (χ4v) is 7.94. The van der Waals surface area contributed by atoms with Crippen molar-refractivity contribution >= 4 is 72.2 Å². The topological polar surface area (TPSA) is 198 Å². The first-order valence-corrected chi connectivity index (χ1v) is 21.5. The second-order valence-corrected chi connectivity index (χ2v) is 16.9. The number of nitrogens with zero attached hydrogens (tertiary/aromatic N) is 4. The van der Waals surface area contributed by atoms with Crippen LogP contribution in [-0.2, 0) is 9.13 Å². The molecule has 6 N–H and O–H groups in total. The number of pyridine rings is 2. The van der Waals surface area contributed by atoms with Crippen LogP contribution in [0.25, 0.3) is 68.6 Å². The van der Waals surface area contributed by atoms with Gasteiger partial charge in [0, 0.05) is 58.1 Å². The molecule has 7 heterocycles. The van der Waals surface area contributed by atoms with Crippen molar-refractivity contribution < 1.29 is 28.7 Å². The average molecular weight is 825 g/mol. The van der Waals surface area contributed by atoms with E-state index in [0.29, 0.717) is 78.2 Å². The number of rotatable bonds is 4. The maximum absolute atomic E-state index is 12.1. The van der Waals surface area contributed by atoms with Crippen LogP contribution in [0.3, 0.4) is 0 Å². The number of fused-ring (bicyclic) bond motifs is 8. The summed E-state index contributed by atoms with van der Waals surface area (Å²) in [5, 5.41) is -0.219. The minimum absolute atomic E-state index is 0.103. The zero-order chi connectivity index (χ0) is 41.4. The first-order valence-electron chi connectivity index (χ1n) is 18.3. The summed E-state index contributed by atoms with van der Waals surface area (Å²) < 4.78 is 24.3. The van der Waals surface area contributed by atoms with Gasteiger partial charge in [-0.25, -0.2) is 9.97 Å². The molecule has 8 bridgehead atoms. The first kappa shape index (κ1) is 38.3. The van der Waals surface area contributed by atoms with Crippen LogP contribution in [0.2, 0.25) is 0 Å². The molecule has 7 aromatic rings. The predicted molar refractivity (Wildman–Crippen MR) is 234 cm³/mol. The number of benzene rings is 2. The monoisotopic (exact) mass is 824 g/mol. The Hall–Kier alpha value is -7.24. The molecule has 0 unspecified atom stereocenters. The van der Waals surface area contributed by atoms with Gasteiger partial charge in [0.05, 0.1) is 55.5 Å². The number of nitrogens with one attached hydrogen (secondary N) is 2. The smallest absolute Gasteiger partial charge is 0.354 e. The molecular formula is C46H30N6O6P2. The van der Waals surface area contributed by atoms with E-state index in [1.165, 1.54) is 24.3 Å². The minimum atomic E-state index is -4.51. The number of H-pyrrole nitrogens is 2. The molecule has 14 heteroatoms. The van der Waals surface area contributed by atoms with Crippen LogP contribution < -0.4 is 10.6 Å². The number of aromatic nitrogens is 6. The summed E-state index contributed by atoms with van der Waals surface area (Å²) in [6.45, 7) is 0. The summed E-state index contributed by atoms with van der Waals surface area (Å²) in [5.41, 5.74) is 10.1. The number of hydrogen-bond acceptors (Lipinski definition) is 6. The maximum atomic E-state index is 12.1. The van der Waals surface area contributed by atoms with Gasteiger partial charge < -0.3 is 29.5 Å². The molecule has 0 saturated carbocycles. The van der Waals surface area contributed by atoms with Crippen molar-refractivity contribution in [2.24, 2.45) is 0 Å². The van der Waals surface area contributed by atoms with E-state index < -0.39 is 15.2 Å². The Morgan fingerprint density at radius 1 is 0.417 bits per heavy atom. The average Bonchev–Trinajstić information content (AvgIpc) is 4.09. The Kier molecular flexibility index (Phi) is 9.89. The normalized spacial score (nSPS) is 12.1. The van der Waals surface area contributed by atoms with Crippen LogP contribution in [0, 0.1) is 23.7 Å². The lowest BCUT2D eigenvalue weighted by Crippen LogP contribution is -2.02. The Morgan fingerprint density at radius 2 is 0.783 bits per heavy atom. The molecule has 2 aromatic carbocycles. The standard InChI is InChI=1S/C46H30N6O6P2/c53-59(54,55)33-7-3-31(4-8-33)45-41-17-13-37(49-41)35(11-1-29-21-25-47-26-22-29)38-14-18-42(50-38)46(32-5-9-34(10-6-32)60(56,57)58)44-20-16-40(52-44)36(39-15-19-43(45)51-39)12-2-30-23-27-48-28-24-30/h3-10,13-28,49,51H,(H2,53,54,55)(H2,56,57,58). The molecule has 0 radical (unpaired) electrons. The van der Waals surface area contributed by atoms with Crippen LogP contribution in [0.15, 0.2) is 122 Å². The SMILES string of the molecule is O=P(O)(O)c1ccc(-c2c3nc(c(C#Cc4ccncc4)c4ccc([nH]4)c(-c4ccc(P(=O)(O)O)cc4)c4ccc([nH]4)c(C#Cc4ccncc4)c4nc2C=C4)C=C3)cc1. The van der Waals surface area contributed by atoms with E-state index in [2.05, 4.69) is 43.6 Å². The van der Waals surface area contributed by atoms with Crippen LogP contribution in [0.5, 0.6) is 0 Å². The Morgan fingerprint density at radius 3 is 1.18 bits per heavy atom. The molecule has 0 aliphatic carbocycles. The molecule has 60 heavy (non-hydrogen) atoms. The van der Waals surface area contributed by atoms with Crippen LogP contribution in [-0.4, -0.2) is 49.5 Å². The van der Waals surface area contributed by atoms with Gasteiger partial charge in [0.25, 0.3) is 0 Å². The van der Waals surface area contributed by atoms with Crippen molar-refractivity contribution in [2.75, 3.05) is 0 Å². The second kappa shape index (κ2) is 15.5. The zero-order valence-electron chi connectivity index (χ0n) is 31.1. The fraction of sp³-hybridized carbons (Fsp3) is 0. The molecule has 290 valence electrons. The van der Waals surface area contributed by atoms with E-state index >= 15 is 0 Å². The molecule has 2 aliphatic heterocycles. The van der Waals surface area contributed by atoms with Gasteiger partial charge in [-0.2, -0.15) is 0 Å². The molecule has 9 rings (SSSR count). The van der Waals surface area contributed by atoms with Gasteiger partial charge in [-0.15, -0.1) is 0 Å². The Bertz CT molecular complexity index is 3150. The van der Waals surface area contributed by atoms with E-state index in [-0.39, 0.29) is 10.6 Å². The van der Waals surface area contributed by atoms with Crippen LogP contribution in [0.4, 0.5) is 0 Å². The molecule has 12 nitrogen and oxygen atoms in total. The Labute approximate surface area is 342 Å². The summed E-state index contributed by atoms with van der Waals surface area (Å²) in [7, 11) is -9.01. The summed E-state index contributed by atoms with van der Waals surface area (Å²) in [5.74, 6) is 13.1. The van der Waals surface area contributed by atoms with Crippen molar-refractivity contribution in [3.05, 3.63) is 167 Å². The highest BCUT2D eigenvalue weighted by Gasteiger charge is 2.21. The van der Waals surface area contributed by atoms with Crippen molar-refractivity contribution in [1.82, 2.24) is 29.9 Å². The van der Waals surface area contributed by atoms with Crippen LogP contribution in [0.1, 0.15) is 45.0 Å². The lowest BCUT2D eigenvalue weighted by atomic mass is 10.0. The number of aromatic amines is 2. The summed E-state index contributed by atoms with van der Waals surface area (Å²) in [6, 6.07) is 27.1. The van der Waals surface area contributed by atoms with E-state index in [1.807, 2.05) is 72.8 Å². The molecule has 0 amide bonds. The van der Waals surface area contributed by atoms with Crippen LogP contribution >= 0.6 is 15.2 Å². The third kappa shape index (κ3) is 7.82. The van der Waals surface area contributed by atoms with Crippen molar-refractivity contribution in [3.63, 3.8) is 0 Å². The third-order valence-corrected chi connectivity index (χ3v) is 11.7. The molecule has 0 atom stereocenters. The highest BCUT2D eigenvalue weighted by molar-refractivity contribution is 7.60. The molecule has 0 fully saturated rings. The second-order valence-electron chi connectivity index (χ2n) is 13.7. The van der Waals surface area contributed by atoms with E-state index in [9.17, 15) is 28.7 Å². The van der Waals surface area contributed by atoms with Gasteiger partial charge in [-0.3, -0.25) is 19.1 Å². The van der Waals surface area contributed by atoms with Gasteiger partial charge >= 0.3 is 15.2 Å². The van der Waals surface area contributed by atoms with Gasteiger partial charge in [-0.1, -0.05) is 47.9 Å². The summed E-state index contributed by atoms with van der Waals surface area (Å²) in [4.78, 5) is 65.1. The van der Waals surface area contributed by atoms with Crippen molar-refractivity contribution in [3.8, 4) is 45.9 Å². The highest BCUT2D eigenvalue weighted by atomic mass is 31.2. The highest BCUT2D eigenvalue weighted by Crippen LogP contribution is 2.38. The summed E-state index contributed by atoms with van der Waals surface area (Å²) >= 11 is 0. The van der Waals surface area contributed by atoms with E-state index in [0.717, 1.165) is 11.1 Å².